The van der Waals surface area contributed by atoms with Crippen molar-refractivity contribution in [1.82, 2.24) is 0 Å². The molecule has 78 valence electrons. The first-order valence-electron chi connectivity index (χ1n) is 3.47. The molecular formula is C8H4BrClF4. The average Bonchev–Trinajstić information content (AvgIpc) is 2.09. The van der Waals surface area contributed by atoms with Crippen LogP contribution in [0.4, 0.5) is 17.6 Å². The Hall–Kier alpha value is -0.290. The first kappa shape index (κ1) is 11.8. The second-order valence-electron chi connectivity index (χ2n) is 2.55. The summed E-state index contributed by atoms with van der Waals surface area (Å²) in [6.07, 6.45) is -3.26. The van der Waals surface area contributed by atoms with Crippen LogP contribution in [-0.4, -0.2) is 6.43 Å². The number of hydrogen-bond donors (Lipinski definition) is 0. The van der Waals surface area contributed by atoms with Crippen molar-refractivity contribution in [1.29, 1.82) is 0 Å². The molecule has 0 heterocycles. The zero-order valence-electron chi connectivity index (χ0n) is 6.58. The zero-order chi connectivity index (χ0) is 10.9. The van der Waals surface area contributed by atoms with Crippen LogP contribution >= 0.6 is 27.5 Å². The molecule has 1 atom stereocenters. The van der Waals surface area contributed by atoms with E-state index in [9.17, 15) is 17.6 Å². The smallest absolute Gasteiger partial charge is 0.220 e. The van der Waals surface area contributed by atoms with Gasteiger partial charge in [0.2, 0.25) is 4.58 Å². The summed E-state index contributed by atoms with van der Waals surface area (Å²) in [6, 6.07) is 2.55. The van der Waals surface area contributed by atoms with Crippen molar-refractivity contribution in [2.75, 3.05) is 0 Å². The van der Waals surface area contributed by atoms with Crippen LogP contribution in [0.5, 0.6) is 0 Å². The van der Waals surface area contributed by atoms with E-state index in [1.807, 2.05) is 0 Å². The topological polar surface area (TPSA) is 0 Å². The Bertz CT molecular complexity index is 340. The molecule has 1 aromatic carbocycles. The third-order valence-corrected chi connectivity index (χ3v) is 2.67. The summed E-state index contributed by atoms with van der Waals surface area (Å²) in [5, 5.41) is -0.398. The van der Waals surface area contributed by atoms with Crippen molar-refractivity contribution < 1.29 is 17.6 Å². The third-order valence-electron chi connectivity index (χ3n) is 1.58. The van der Waals surface area contributed by atoms with Gasteiger partial charge in [-0.2, -0.15) is 0 Å². The van der Waals surface area contributed by atoms with E-state index >= 15 is 0 Å². The third kappa shape index (κ3) is 2.20. The maximum atomic E-state index is 13.2. The first-order valence-corrected chi connectivity index (χ1v) is 4.64. The van der Waals surface area contributed by atoms with Gasteiger partial charge in [-0.3, -0.25) is 0 Å². The van der Waals surface area contributed by atoms with Crippen LogP contribution in [0.2, 0.25) is 5.02 Å². The SMILES string of the molecule is Fc1ccc(C(F)(Br)C(F)F)cc1Cl. The van der Waals surface area contributed by atoms with Gasteiger partial charge in [0.25, 0.3) is 6.43 Å². The van der Waals surface area contributed by atoms with Gasteiger partial charge in [0.15, 0.2) is 0 Å². The Morgan fingerprint density at radius 2 is 1.93 bits per heavy atom. The van der Waals surface area contributed by atoms with Crippen molar-refractivity contribution >= 4 is 27.5 Å². The molecule has 0 fully saturated rings. The molecule has 6 heteroatoms. The molecule has 0 amide bonds. The lowest BCUT2D eigenvalue weighted by molar-refractivity contribution is 0.0301. The summed E-state index contributed by atoms with van der Waals surface area (Å²) in [6.45, 7) is 0. The summed E-state index contributed by atoms with van der Waals surface area (Å²) in [7, 11) is 0. The maximum absolute atomic E-state index is 13.2. The van der Waals surface area contributed by atoms with E-state index in [0.717, 1.165) is 18.2 Å². The highest BCUT2D eigenvalue weighted by Crippen LogP contribution is 2.40. The van der Waals surface area contributed by atoms with Crippen molar-refractivity contribution in [3.05, 3.63) is 34.6 Å². The standard InChI is InChI=1S/C8H4BrClF4/c9-8(14,7(12)13)4-1-2-6(11)5(10)3-4/h1-3,7H. The Morgan fingerprint density at radius 1 is 1.36 bits per heavy atom. The lowest BCUT2D eigenvalue weighted by atomic mass is 10.1. The van der Waals surface area contributed by atoms with Gasteiger partial charge < -0.3 is 0 Å². The van der Waals surface area contributed by atoms with E-state index in [1.165, 1.54) is 0 Å². The minimum absolute atomic E-state index is 0.398. The second-order valence-corrected chi connectivity index (χ2v) is 4.11. The number of rotatable bonds is 2. The van der Waals surface area contributed by atoms with E-state index in [-0.39, 0.29) is 0 Å². The fraction of sp³-hybridized carbons (Fsp3) is 0.250. The molecule has 1 unspecified atom stereocenters. The maximum Gasteiger partial charge on any atom is 0.286 e. The molecule has 1 rings (SSSR count). The molecule has 14 heavy (non-hydrogen) atoms. The van der Waals surface area contributed by atoms with Crippen molar-refractivity contribution in [2.24, 2.45) is 0 Å². The van der Waals surface area contributed by atoms with E-state index < -0.39 is 27.4 Å². The number of benzene rings is 1. The van der Waals surface area contributed by atoms with Gasteiger partial charge in [-0.05, 0) is 28.1 Å². The molecular weight excluding hydrogens is 287 g/mol. The van der Waals surface area contributed by atoms with Crippen LogP contribution in [-0.2, 0) is 4.58 Å². The predicted octanol–water partition coefficient (Wildman–Crippen LogP) is 4.26. The highest BCUT2D eigenvalue weighted by molar-refractivity contribution is 9.09. The first-order chi connectivity index (χ1) is 6.35. The minimum Gasteiger partial charge on any atom is -0.220 e. The van der Waals surface area contributed by atoms with Crippen molar-refractivity contribution in [3.63, 3.8) is 0 Å². The molecule has 0 bridgehead atoms. The molecule has 0 saturated heterocycles. The largest absolute Gasteiger partial charge is 0.286 e. The number of halogens is 6. The molecule has 0 aromatic heterocycles. The quantitative estimate of drug-likeness (QED) is 0.564. The molecule has 0 N–H and O–H groups in total. The molecule has 0 aliphatic rings. The van der Waals surface area contributed by atoms with Crippen LogP contribution < -0.4 is 0 Å². The Kier molecular flexibility index (Phi) is 3.42. The van der Waals surface area contributed by atoms with Crippen molar-refractivity contribution in [2.45, 2.75) is 11.0 Å². The average molecular weight is 291 g/mol. The van der Waals surface area contributed by atoms with Gasteiger partial charge in [-0.25, -0.2) is 17.6 Å². The molecule has 1 aromatic rings. The molecule has 0 saturated carbocycles. The Labute approximate surface area is 91.0 Å². The molecule has 0 nitrogen and oxygen atoms in total. The highest BCUT2D eigenvalue weighted by atomic mass is 79.9. The van der Waals surface area contributed by atoms with Gasteiger partial charge in [0, 0.05) is 5.56 Å². The van der Waals surface area contributed by atoms with Gasteiger partial charge in [0.1, 0.15) is 5.82 Å². The van der Waals surface area contributed by atoms with Crippen LogP contribution in [0, 0.1) is 5.82 Å². The zero-order valence-corrected chi connectivity index (χ0v) is 8.92. The molecule has 0 radical (unpaired) electrons. The summed E-state index contributed by atoms with van der Waals surface area (Å²) < 4.78 is 47.2. The van der Waals surface area contributed by atoms with Gasteiger partial charge >= 0.3 is 0 Å². The predicted molar refractivity (Wildman–Crippen MR) is 49.1 cm³/mol. The van der Waals surface area contributed by atoms with Crippen LogP contribution in [0.25, 0.3) is 0 Å². The summed E-state index contributed by atoms with van der Waals surface area (Å²) in [5.74, 6) is -0.784. The van der Waals surface area contributed by atoms with Gasteiger partial charge in [-0.1, -0.05) is 17.7 Å². The molecule has 0 aliphatic heterocycles. The number of hydrogen-bond acceptors (Lipinski definition) is 0. The van der Waals surface area contributed by atoms with Crippen LogP contribution in [0.3, 0.4) is 0 Å². The molecule has 0 spiro atoms. The normalized spacial score (nSPS) is 15.6. The van der Waals surface area contributed by atoms with Gasteiger partial charge in [0.05, 0.1) is 5.02 Å². The lowest BCUT2D eigenvalue weighted by Gasteiger charge is -2.17. The van der Waals surface area contributed by atoms with E-state index in [2.05, 4.69) is 15.9 Å². The lowest BCUT2D eigenvalue weighted by Crippen LogP contribution is -2.21. The highest BCUT2D eigenvalue weighted by Gasteiger charge is 2.39. The van der Waals surface area contributed by atoms with E-state index in [4.69, 9.17) is 11.6 Å². The van der Waals surface area contributed by atoms with E-state index in [1.54, 1.807) is 0 Å². The molecule has 0 aliphatic carbocycles. The second kappa shape index (κ2) is 4.06. The summed E-state index contributed by atoms with van der Waals surface area (Å²) in [4.78, 5) is 0. The van der Waals surface area contributed by atoms with Gasteiger partial charge in [-0.15, -0.1) is 0 Å². The van der Waals surface area contributed by atoms with Crippen molar-refractivity contribution in [3.8, 4) is 0 Å². The summed E-state index contributed by atoms with van der Waals surface area (Å²) >= 11 is 7.53. The Balaban J connectivity index is 3.14. The van der Waals surface area contributed by atoms with Crippen LogP contribution in [0.15, 0.2) is 18.2 Å². The number of alkyl halides is 4. The van der Waals surface area contributed by atoms with E-state index in [0.29, 0.717) is 0 Å². The summed E-state index contributed by atoms with van der Waals surface area (Å²) in [5.41, 5.74) is -0.418. The monoisotopic (exact) mass is 290 g/mol. The Morgan fingerprint density at radius 3 is 2.36 bits per heavy atom. The fourth-order valence-corrected chi connectivity index (χ4v) is 1.26. The minimum atomic E-state index is -3.26. The van der Waals surface area contributed by atoms with Crippen LogP contribution in [0.1, 0.15) is 5.56 Å². The fourth-order valence-electron chi connectivity index (χ4n) is 0.829.